The van der Waals surface area contributed by atoms with Crippen molar-refractivity contribution >= 4 is 0 Å². The van der Waals surface area contributed by atoms with Crippen molar-refractivity contribution in [1.29, 1.82) is 0 Å². The van der Waals surface area contributed by atoms with Crippen LogP contribution < -0.4 is 0 Å². The van der Waals surface area contributed by atoms with Gasteiger partial charge in [0.1, 0.15) is 18.2 Å². The number of rotatable bonds is 5. The van der Waals surface area contributed by atoms with Gasteiger partial charge in [-0.05, 0) is 25.5 Å². The SMILES string of the molecule is Cn1ccnc1CN1CCC[C@H](c2nnc(Cn3cccn3)n2C)C1. The molecule has 4 rings (SSSR count). The average molecular weight is 340 g/mol. The summed E-state index contributed by atoms with van der Waals surface area (Å²) in [7, 11) is 4.11. The van der Waals surface area contributed by atoms with E-state index >= 15 is 0 Å². The molecule has 8 heteroatoms. The molecule has 0 aromatic carbocycles. The van der Waals surface area contributed by atoms with Crippen molar-refractivity contribution in [2.75, 3.05) is 13.1 Å². The van der Waals surface area contributed by atoms with Gasteiger partial charge in [0.2, 0.25) is 0 Å². The lowest BCUT2D eigenvalue weighted by atomic mass is 9.97. The van der Waals surface area contributed by atoms with Crippen molar-refractivity contribution in [2.45, 2.75) is 31.8 Å². The summed E-state index contributed by atoms with van der Waals surface area (Å²) in [5.41, 5.74) is 0. The predicted molar refractivity (Wildman–Crippen MR) is 92.8 cm³/mol. The number of aromatic nitrogens is 7. The van der Waals surface area contributed by atoms with E-state index in [0.29, 0.717) is 12.5 Å². The highest BCUT2D eigenvalue weighted by Crippen LogP contribution is 2.26. The molecule has 3 aromatic heterocycles. The lowest BCUT2D eigenvalue weighted by molar-refractivity contribution is 0.189. The third kappa shape index (κ3) is 3.34. The van der Waals surface area contributed by atoms with Gasteiger partial charge < -0.3 is 9.13 Å². The second kappa shape index (κ2) is 6.79. The first-order chi connectivity index (χ1) is 12.2. The summed E-state index contributed by atoms with van der Waals surface area (Å²) in [4.78, 5) is 6.92. The first-order valence-electron chi connectivity index (χ1n) is 8.75. The molecule has 0 N–H and O–H groups in total. The Morgan fingerprint density at radius 1 is 1.08 bits per heavy atom. The van der Waals surface area contributed by atoms with Gasteiger partial charge in [0.15, 0.2) is 5.82 Å². The van der Waals surface area contributed by atoms with Crippen LogP contribution >= 0.6 is 0 Å². The van der Waals surface area contributed by atoms with Crippen molar-refractivity contribution in [1.82, 2.24) is 39.0 Å². The zero-order valence-corrected chi connectivity index (χ0v) is 14.8. The first-order valence-corrected chi connectivity index (χ1v) is 8.75. The van der Waals surface area contributed by atoms with E-state index in [1.54, 1.807) is 6.20 Å². The molecule has 1 aliphatic rings. The molecule has 1 saturated heterocycles. The van der Waals surface area contributed by atoms with E-state index < -0.39 is 0 Å². The van der Waals surface area contributed by atoms with E-state index in [4.69, 9.17) is 0 Å². The van der Waals surface area contributed by atoms with Crippen LogP contribution in [0.2, 0.25) is 0 Å². The van der Waals surface area contributed by atoms with E-state index in [9.17, 15) is 0 Å². The Kier molecular flexibility index (Phi) is 4.35. The fourth-order valence-electron chi connectivity index (χ4n) is 3.57. The van der Waals surface area contributed by atoms with Crippen LogP contribution in [0.25, 0.3) is 0 Å². The van der Waals surface area contributed by atoms with Gasteiger partial charge in [-0.1, -0.05) is 0 Å². The molecule has 1 fully saturated rings. The van der Waals surface area contributed by atoms with E-state index in [0.717, 1.165) is 43.5 Å². The Hall–Kier alpha value is -2.48. The monoisotopic (exact) mass is 340 g/mol. The Morgan fingerprint density at radius 3 is 2.76 bits per heavy atom. The first kappa shape index (κ1) is 16.0. The fraction of sp³-hybridized carbons (Fsp3) is 0.529. The van der Waals surface area contributed by atoms with Gasteiger partial charge in [-0.3, -0.25) is 9.58 Å². The Bertz CT molecular complexity index is 816. The number of hydrogen-bond donors (Lipinski definition) is 0. The number of likely N-dealkylation sites (tertiary alicyclic amines) is 1. The highest BCUT2D eigenvalue weighted by molar-refractivity contribution is 5.05. The number of aryl methyl sites for hydroxylation is 1. The van der Waals surface area contributed by atoms with Crippen LogP contribution in [0.5, 0.6) is 0 Å². The Balaban J connectivity index is 1.46. The Labute approximate surface area is 147 Å². The molecular weight excluding hydrogens is 316 g/mol. The van der Waals surface area contributed by atoms with Crippen LogP contribution in [-0.4, -0.2) is 52.1 Å². The molecule has 3 aromatic rings. The summed E-state index contributed by atoms with van der Waals surface area (Å²) in [5, 5.41) is 13.1. The molecule has 0 unspecified atom stereocenters. The van der Waals surface area contributed by atoms with E-state index in [1.807, 2.05) is 36.4 Å². The Morgan fingerprint density at radius 2 is 2.00 bits per heavy atom. The van der Waals surface area contributed by atoms with Crippen LogP contribution in [0.15, 0.2) is 30.9 Å². The molecule has 0 spiro atoms. The van der Waals surface area contributed by atoms with E-state index in [2.05, 4.69) is 41.4 Å². The molecule has 132 valence electrons. The second-order valence-electron chi connectivity index (χ2n) is 6.77. The molecule has 0 aliphatic carbocycles. The van der Waals surface area contributed by atoms with Gasteiger partial charge in [0, 0.05) is 51.3 Å². The largest absolute Gasteiger partial charge is 0.337 e. The zero-order chi connectivity index (χ0) is 17.2. The third-order valence-corrected chi connectivity index (χ3v) is 5.02. The molecule has 0 saturated carbocycles. The standard InChI is InChI=1S/C17H24N8/c1-22-10-7-18-15(22)12-24-8-3-5-14(11-24)17-21-20-16(23(17)2)13-25-9-4-6-19-25/h4,6-7,9-10,14H,3,5,8,11-13H2,1-2H3/t14-/m0/s1. The lowest BCUT2D eigenvalue weighted by Gasteiger charge is -2.31. The predicted octanol–water partition coefficient (Wildman–Crippen LogP) is 1.17. The summed E-state index contributed by atoms with van der Waals surface area (Å²) in [6, 6.07) is 1.92. The van der Waals surface area contributed by atoms with Crippen molar-refractivity contribution in [3.8, 4) is 0 Å². The molecule has 4 heterocycles. The van der Waals surface area contributed by atoms with Crippen molar-refractivity contribution in [3.05, 3.63) is 48.3 Å². The lowest BCUT2D eigenvalue weighted by Crippen LogP contribution is -2.35. The molecule has 0 bridgehead atoms. The van der Waals surface area contributed by atoms with Gasteiger partial charge in [-0.2, -0.15) is 5.10 Å². The summed E-state index contributed by atoms with van der Waals surface area (Å²) in [5.74, 6) is 3.54. The minimum Gasteiger partial charge on any atom is -0.337 e. The molecule has 1 aliphatic heterocycles. The maximum absolute atomic E-state index is 4.49. The summed E-state index contributed by atoms with van der Waals surface area (Å²) >= 11 is 0. The number of imidazole rings is 1. The van der Waals surface area contributed by atoms with Gasteiger partial charge >= 0.3 is 0 Å². The van der Waals surface area contributed by atoms with Crippen LogP contribution in [-0.2, 0) is 27.2 Å². The van der Waals surface area contributed by atoms with Gasteiger partial charge in [-0.15, -0.1) is 10.2 Å². The van der Waals surface area contributed by atoms with Crippen LogP contribution in [0.4, 0.5) is 0 Å². The second-order valence-corrected chi connectivity index (χ2v) is 6.77. The van der Waals surface area contributed by atoms with Crippen LogP contribution in [0.1, 0.15) is 36.2 Å². The maximum atomic E-state index is 4.49. The highest BCUT2D eigenvalue weighted by atomic mass is 15.3. The van der Waals surface area contributed by atoms with E-state index in [-0.39, 0.29) is 0 Å². The molecular formula is C17H24N8. The maximum Gasteiger partial charge on any atom is 0.154 e. The molecule has 8 nitrogen and oxygen atoms in total. The van der Waals surface area contributed by atoms with Gasteiger partial charge in [0.05, 0.1) is 6.54 Å². The summed E-state index contributed by atoms with van der Waals surface area (Å²) in [6.45, 7) is 3.65. The van der Waals surface area contributed by atoms with E-state index in [1.165, 1.54) is 6.42 Å². The van der Waals surface area contributed by atoms with Gasteiger partial charge in [-0.25, -0.2) is 4.98 Å². The molecule has 0 radical (unpaired) electrons. The zero-order valence-electron chi connectivity index (χ0n) is 14.8. The quantitative estimate of drug-likeness (QED) is 0.697. The summed E-state index contributed by atoms with van der Waals surface area (Å²) in [6.07, 6.45) is 9.93. The minimum atomic E-state index is 0.415. The molecule has 25 heavy (non-hydrogen) atoms. The number of hydrogen-bond acceptors (Lipinski definition) is 5. The van der Waals surface area contributed by atoms with Crippen molar-refractivity contribution in [2.24, 2.45) is 14.1 Å². The third-order valence-electron chi connectivity index (χ3n) is 5.02. The minimum absolute atomic E-state index is 0.415. The molecule has 1 atom stereocenters. The van der Waals surface area contributed by atoms with Crippen LogP contribution in [0, 0.1) is 0 Å². The number of piperidine rings is 1. The highest BCUT2D eigenvalue weighted by Gasteiger charge is 2.26. The fourth-order valence-corrected chi connectivity index (χ4v) is 3.57. The normalized spacial score (nSPS) is 18.7. The van der Waals surface area contributed by atoms with Gasteiger partial charge in [0.25, 0.3) is 0 Å². The topological polar surface area (TPSA) is 69.6 Å². The van der Waals surface area contributed by atoms with Crippen LogP contribution in [0.3, 0.4) is 0 Å². The molecule has 0 amide bonds. The van der Waals surface area contributed by atoms with Crippen molar-refractivity contribution < 1.29 is 0 Å². The summed E-state index contributed by atoms with van der Waals surface area (Å²) < 4.78 is 6.10. The van der Waals surface area contributed by atoms with Crippen molar-refractivity contribution in [3.63, 3.8) is 0 Å². The smallest absolute Gasteiger partial charge is 0.154 e. The average Bonchev–Trinajstić information content (AvgIpc) is 3.33. The number of nitrogens with zero attached hydrogens (tertiary/aromatic N) is 8.